The molecule has 0 radical (unpaired) electrons. The minimum Gasteiger partial charge on any atom is -0.289 e. The van der Waals surface area contributed by atoms with E-state index in [0.717, 1.165) is 22.4 Å². The maximum Gasteiger partial charge on any atom is 0.194 e. The van der Waals surface area contributed by atoms with Crippen molar-refractivity contribution in [2.45, 2.75) is 0 Å². The molecular weight excluding hydrogens is 332 g/mol. The molecule has 0 fully saturated rings. The predicted octanol–water partition coefficient (Wildman–Crippen LogP) is 6.06. The van der Waals surface area contributed by atoms with Crippen molar-refractivity contribution in [3.05, 3.63) is 106 Å². The number of hydrogen-bond acceptors (Lipinski definition) is 3. The van der Waals surface area contributed by atoms with E-state index in [0.29, 0.717) is 16.1 Å². The van der Waals surface area contributed by atoms with E-state index >= 15 is 0 Å². The molecule has 0 atom stereocenters. The molecule has 0 bridgehead atoms. The fourth-order valence-electron chi connectivity index (χ4n) is 2.92. The van der Waals surface area contributed by atoms with Gasteiger partial charge in [0.15, 0.2) is 5.78 Å². The maximum absolute atomic E-state index is 12.7. The van der Waals surface area contributed by atoms with E-state index in [-0.39, 0.29) is 5.78 Å². The van der Waals surface area contributed by atoms with Gasteiger partial charge in [-0.05, 0) is 35.4 Å². The van der Waals surface area contributed by atoms with Gasteiger partial charge in [0.05, 0.1) is 11.9 Å². The molecule has 3 nitrogen and oxygen atoms in total. The van der Waals surface area contributed by atoms with E-state index in [1.54, 1.807) is 30.5 Å². The zero-order valence-electron chi connectivity index (χ0n) is 13.2. The zero-order valence-corrected chi connectivity index (χ0v) is 13.9. The average Bonchev–Trinajstić information content (AvgIpc) is 2.66. The van der Waals surface area contributed by atoms with Gasteiger partial charge < -0.3 is 0 Å². The lowest BCUT2D eigenvalue weighted by atomic mass is 9.82. The van der Waals surface area contributed by atoms with Crippen molar-refractivity contribution < 1.29 is 4.79 Å². The Morgan fingerprint density at radius 2 is 1.24 bits per heavy atom. The van der Waals surface area contributed by atoms with Crippen LogP contribution in [0.25, 0.3) is 5.57 Å². The van der Waals surface area contributed by atoms with Crippen molar-refractivity contribution in [2.24, 2.45) is 10.2 Å². The number of azo groups is 1. The van der Waals surface area contributed by atoms with E-state index in [1.807, 2.05) is 48.5 Å². The highest BCUT2D eigenvalue weighted by atomic mass is 35.5. The Morgan fingerprint density at radius 3 is 1.80 bits per heavy atom. The van der Waals surface area contributed by atoms with Crippen LogP contribution in [0.4, 0.5) is 5.69 Å². The molecule has 0 saturated heterocycles. The first kappa shape index (κ1) is 15.5. The van der Waals surface area contributed by atoms with Crippen LogP contribution < -0.4 is 0 Å². The van der Waals surface area contributed by atoms with Gasteiger partial charge >= 0.3 is 0 Å². The fourth-order valence-corrected chi connectivity index (χ4v) is 3.05. The highest BCUT2D eigenvalue weighted by Gasteiger charge is 2.26. The van der Waals surface area contributed by atoms with Gasteiger partial charge in [0.1, 0.15) is 0 Å². The monoisotopic (exact) mass is 344 g/mol. The first-order valence-corrected chi connectivity index (χ1v) is 8.22. The second-order valence-electron chi connectivity index (χ2n) is 5.65. The van der Waals surface area contributed by atoms with Gasteiger partial charge in [0.25, 0.3) is 0 Å². The molecule has 0 aliphatic heterocycles. The SMILES string of the molecule is O=C1c2ccccc2C(=CN=Nc2ccc(Cl)cc2)c2ccccc21. The molecule has 3 aromatic rings. The summed E-state index contributed by atoms with van der Waals surface area (Å²) >= 11 is 5.88. The lowest BCUT2D eigenvalue weighted by molar-refractivity contribution is 0.103. The third-order valence-corrected chi connectivity index (χ3v) is 4.36. The first-order valence-electron chi connectivity index (χ1n) is 7.84. The van der Waals surface area contributed by atoms with Crippen LogP contribution >= 0.6 is 11.6 Å². The van der Waals surface area contributed by atoms with Crippen LogP contribution in [0.5, 0.6) is 0 Å². The largest absolute Gasteiger partial charge is 0.289 e. The Balaban J connectivity index is 1.80. The minimum atomic E-state index is 0.0398. The molecule has 1 aliphatic carbocycles. The fraction of sp³-hybridized carbons (Fsp3) is 0. The molecule has 0 unspecified atom stereocenters. The summed E-state index contributed by atoms with van der Waals surface area (Å²) in [6.07, 6.45) is 1.71. The van der Waals surface area contributed by atoms with Crippen LogP contribution in [-0.4, -0.2) is 5.78 Å². The summed E-state index contributed by atoms with van der Waals surface area (Å²) < 4.78 is 0. The molecule has 4 heteroatoms. The number of carbonyl (C=O) groups excluding carboxylic acids is 1. The Hall–Kier alpha value is -3.04. The topological polar surface area (TPSA) is 41.8 Å². The Kier molecular flexibility index (Phi) is 4.00. The molecule has 1 aliphatic rings. The van der Waals surface area contributed by atoms with Crippen LogP contribution in [0.1, 0.15) is 27.0 Å². The molecule has 0 N–H and O–H groups in total. The van der Waals surface area contributed by atoms with Gasteiger partial charge in [-0.2, -0.15) is 10.2 Å². The standard InChI is InChI=1S/C21H13ClN2O/c22-14-9-11-15(12-10-14)24-23-13-20-16-5-1-3-7-18(16)21(25)19-8-4-2-6-17(19)20/h1-13H. The van der Waals surface area contributed by atoms with Crippen LogP contribution in [0.3, 0.4) is 0 Å². The molecule has 120 valence electrons. The number of halogens is 1. The van der Waals surface area contributed by atoms with Crippen LogP contribution in [-0.2, 0) is 0 Å². The Bertz CT molecular complexity index is 969. The van der Waals surface area contributed by atoms with Crippen LogP contribution in [0.2, 0.25) is 5.02 Å². The maximum atomic E-state index is 12.7. The smallest absolute Gasteiger partial charge is 0.194 e. The lowest BCUT2D eigenvalue weighted by Gasteiger charge is -2.20. The zero-order chi connectivity index (χ0) is 17.2. The molecule has 3 aromatic carbocycles. The lowest BCUT2D eigenvalue weighted by Crippen LogP contribution is -2.13. The first-order chi connectivity index (χ1) is 12.2. The molecule has 0 aromatic heterocycles. The summed E-state index contributed by atoms with van der Waals surface area (Å²) in [5, 5.41) is 9.10. The van der Waals surface area contributed by atoms with E-state index in [1.165, 1.54) is 0 Å². The number of fused-ring (bicyclic) bond motifs is 2. The van der Waals surface area contributed by atoms with Crippen molar-refractivity contribution >= 4 is 28.6 Å². The Labute approximate surface area is 150 Å². The second-order valence-corrected chi connectivity index (χ2v) is 6.09. The van der Waals surface area contributed by atoms with Crippen molar-refractivity contribution in [3.8, 4) is 0 Å². The van der Waals surface area contributed by atoms with Gasteiger partial charge in [-0.3, -0.25) is 4.79 Å². The van der Waals surface area contributed by atoms with Crippen LogP contribution in [0, 0.1) is 0 Å². The van der Waals surface area contributed by atoms with Gasteiger partial charge in [0.2, 0.25) is 0 Å². The number of hydrogen-bond donors (Lipinski definition) is 0. The summed E-state index contributed by atoms with van der Waals surface area (Å²) in [4.78, 5) is 12.7. The highest BCUT2D eigenvalue weighted by molar-refractivity contribution is 6.30. The summed E-state index contributed by atoms with van der Waals surface area (Å²) in [6.45, 7) is 0. The summed E-state index contributed by atoms with van der Waals surface area (Å²) in [5.74, 6) is 0.0398. The summed E-state index contributed by atoms with van der Waals surface area (Å²) in [6, 6.07) is 22.3. The minimum absolute atomic E-state index is 0.0398. The number of benzene rings is 3. The number of carbonyl (C=O) groups is 1. The molecule has 0 heterocycles. The predicted molar refractivity (Wildman–Crippen MR) is 99.4 cm³/mol. The summed E-state index contributed by atoms with van der Waals surface area (Å²) in [7, 11) is 0. The quantitative estimate of drug-likeness (QED) is 0.407. The molecule has 0 saturated carbocycles. The van der Waals surface area contributed by atoms with Crippen molar-refractivity contribution in [2.75, 3.05) is 0 Å². The average molecular weight is 345 g/mol. The second kappa shape index (κ2) is 6.46. The van der Waals surface area contributed by atoms with Gasteiger partial charge in [-0.25, -0.2) is 0 Å². The van der Waals surface area contributed by atoms with Gasteiger partial charge in [0, 0.05) is 21.7 Å². The molecule has 0 spiro atoms. The summed E-state index contributed by atoms with van der Waals surface area (Å²) in [5.41, 5.74) is 4.74. The van der Waals surface area contributed by atoms with Crippen molar-refractivity contribution in [1.29, 1.82) is 0 Å². The third kappa shape index (κ3) is 2.90. The third-order valence-electron chi connectivity index (χ3n) is 4.11. The number of rotatable bonds is 2. The van der Waals surface area contributed by atoms with Crippen LogP contribution in [0.15, 0.2) is 89.2 Å². The number of nitrogens with zero attached hydrogens (tertiary/aromatic N) is 2. The van der Waals surface area contributed by atoms with Crippen molar-refractivity contribution in [1.82, 2.24) is 0 Å². The Morgan fingerprint density at radius 1 is 0.720 bits per heavy atom. The van der Waals surface area contributed by atoms with Gasteiger partial charge in [-0.15, -0.1) is 0 Å². The number of ketones is 1. The van der Waals surface area contributed by atoms with E-state index < -0.39 is 0 Å². The molecular formula is C21H13ClN2O. The highest BCUT2D eigenvalue weighted by Crippen LogP contribution is 2.35. The van der Waals surface area contributed by atoms with Gasteiger partial charge in [-0.1, -0.05) is 60.1 Å². The molecule has 25 heavy (non-hydrogen) atoms. The van der Waals surface area contributed by atoms with E-state index in [9.17, 15) is 4.79 Å². The molecule has 4 rings (SSSR count). The molecule has 0 amide bonds. The van der Waals surface area contributed by atoms with Crippen molar-refractivity contribution in [3.63, 3.8) is 0 Å². The van der Waals surface area contributed by atoms with E-state index in [2.05, 4.69) is 10.2 Å². The normalized spacial score (nSPS) is 12.8. The van der Waals surface area contributed by atoms with E-state index in [4.69, 9.17) is 11.6 Å².